The lowest BCUT2D eigenvalue weighted by Gasteiger charge is -1.97. The van der Waals surface area contributed by atoms with Gasteiger partial charge in [0, 0.05) is 16.5 Å². The summed E-state index contributed by atoms with van der Waals surface area (Å²) in [6, 6.07) is 7.55. The van der Waals surface area contributed by atoms with Gasteiger partial charge in [0.1, 0.15) is 5.82 Å². The number of thiophene rings is 1. The normalized spacial score (nSPS) is 10.3. The van der Waals surface area contributed by atoms with Crippen LogP contribution in [0.5, 0.6) is 0 Å². The Morgan fingerprint density at radius 3 is 2.67 bits per heavy atom. The van der Waals surface area contributed by atoms with Crippen LogP contribution in [-0.4, -0.2) is 5.78 Å². The fourth-order valence-electron chi connectivity index (χ4n) is 1.23. The third-order valence-electron chi connectivity index (χ3n) is 1.92. The molecule has 0 atom stereocenters. The van der Waals surface area contributed by atoms with Crippen LogP contribution in [-0.2, 0) is 0 Å². The highest BCUT2D eigenvalue weighted by molar-refractivity contribution is 14.1. The minimum atomic E-state index is -0.384. The first-order valence-corrected chi connectivity index (χ1v) is 6.17. The van der Waals surface area contributed by atoms with E-state index in [0.29, 0.717) is 11.1 Å². The van der Waals surface area contributed by atoms with Crippen molar-refractivity contribution < 1.29 is 9.18 Å². The van der Waals surface area contributed by atoms with E-state index in [1.54, 1.807) is 23.6 Å². The Morgan fingerprint density at radius 1 is 1.27 bits per heavy atom. The van der Waals surface area contributed by atoms with Gasteiger partial charge in [0.2, 0.25) is 0 Å². The van der Waals surface area contributed by atoms with Gasteiger partial charge in [-0.25, -0.2) is 4.39 Å². The summed E-state index contributed by atoms with van der Waals surface area (Å²) in [5, 5.41) is 1.79. The average molecular weight is 332 g/mol. The van der Waals surface area contributed by atoms with E-state index in [2.05, 4.69) is 22.6 Å². The number of hydrogen-bond acceptors (Lipinski definition) is 2. The second kappa shape index (κ2) is 4.40. The van der Waals surface area contributed by atoms with Gasteiger partial charge in [-0.3, -0.25) is 4.79 Å². The molecule has 1 aromatic carbocycles. The summed E-state index contributed by atoms with van der Waals surface area (Å²) in [7, 11) is 0. The van der Waals surface area contributed by atoms with Crippen molar-refractivity contribution in [3.8, 4) is 0 Å². The number of ketones is 1. The average Bonchev–Trinajstić information content (AvgIpc) is 2.64. The van der Waals surface area contributed by atoms with Gasteiger partial charge < -0.3 is 0 Å². The van der Waals surface area contributed by atoms with Crippen molar-refractivity contribution in [3.05, 3.63) is 55.5 Å². The van der Waals surface area contributed by atoms with Gasteiger partial charge in [0.25, 0.3) is 0 Å². The lowest BCUT2D eigenvalue weighted by atomic mass is 10.1. The van der Waals surface area contributed by atoms with Crippen LogP contribution in [0.1, 0.15) is 15.9 Å². The maximum atomic E-state index is 12.9. The Balaban J connectivity index is 2.36. The molecule has 0 saturated carbocycles. The molecule has 0 amide bonds. The smallest absolute Gasteiger partial charge is 0.194 e. The number of carbonyl (C=O) groups excluding carboxylic acids is 1. The first kappa shape index (κ1) is 10.8. The Kier molecular flexibility index (Phi) is 3.16. The molecule has 2 aromatic rings. The van der Waals surface area contributed by atoms with Crippen LogP contribution in [0.25, 0.3) is 0 Å². The summed E-state index contributed by atoms with van der Waals surface area (Å²) in [6.07, 6.45) is 0. The van der Waals surface area contributed by atoms with Gasteiger partial charge in [-0.2, -0.15) is 0 Å². The zero-order chi connectivity index (χ0) is 10.8. The first-order valence-electron chi connectivity index (χ1n) is 4.21. The summed E-state index contributed by atoms with van der Waals surface area (Å²) in [4.78, 5) is 11.8. The number of hydrogen-bond donors (Lipinski definition) is 0. The molecule has 0 aliphatic carbocycles. The lowest BCUT2D eigenvalue weighted by Crippen LogP contribution is -1.99. The van der Waals surface area contributed by atoms with Crippen molar-refractivity contribution in [2.75, 3.05) is 0 Å². The van der Waals surface area contributed by atoms with Crippen molar-refractivity contribution in [1.29, 1.82) is 0 Å². The highest BCUT2D eigenvalue weighted by Crippen LogP contribution is 2.19. The van der Waals surface area contributed by atoms with Crippen molar-refractivity contribution in [2.45, 2.75) is 0 Å². The second-order valence-electron chi connectivity index (χ2n) is 2.98. The SMILES string of the molecule is O=C(c1cccc(F)c1)c1csc(I)c1. The van der Waals surface area contributed by atoms with E-state index in [1.807, 2.05) is 0 Å². The highest BCUT2D eigenvalue weighted by Gasteiger charge is 2.10. The lowest BCUT2D eigenvalue weighted by molar-refractivity contribution is 0.103. The maximum Gasteiger partial charge on any atom is 0.194 e. The molecule has 0 spiro atoms. The summed E-state index contributed by atoms with van der Waals surface area (Å²) in [5.74, 6) is -0.514. The molecule has 15 heavy (non-hydrogen) atoms. The Morgan fingerprint density at radius 2 is 2.07 bits per heavy atom. The van der Waals surface area contributed by atoms with E-state index in [4.69, 9.17) is 0 Å². The van der Waals surface area contributed by atoms with Crippen molar-refractivity contribution in [2.24, 2.45) is 0 Å². The zero-order valence-corrected chi connectivity index (χ0v) is 10.5. The first-order chi connectivity index (χ1) is 7.16. The molecule has 1 nitrogen and oxygen atoms in total. The molecule has 0 radical (unpaired) electrons. The summed E-state index contributed by atoms with van der Waals surface area (Å²) in [6.45, 7) is 0. The Hall–Kier alpha value is -0.750. The standard InChI is InChI=1S/C11H6FIOS/c12-9-3-1-2-7(4-9)11(14)8-5-10(13)15-6-8/h1-6H. The number of benzene rings is 1. The molecule has 0 aliphatic heterocycles. The Labute approximate surface area is 104 Å². The van der Waals surface area contributed by atoms with E-state index >= 15 is 0 Å². The minimum Gasteiger partial charge on any atom is -0.289 e. The fraction of sp³-hybridized carbons (Fsp3) is 0. The quantitative estimate of drug-likeness (QED) is 0.605. The molecule has 4 heteroatoms. The maximum absolute atomic E-state index is 12.9. The predicted octanol–water partition coefficient (Wildman–Crippen LogP) is 3.72. The fourth-order valence-corrected chi connectivity index (χ4v) is 2.55. The molecule has 0 N–H and O–H groups in total. The number of rotatable bonds is 2. The Bertz CT molecular complexity index is 507. The predicted molar refractivity (Wildman–Crippen MR) is 66.9 cm³/mol. The van der Waals surface area contributed by atoms with Crippen LogP contribution in [0, 0.1) is 8.70 Å². The van der Waals surface area contributed by atoms with E-state index in [0.717, 1.165) is 2.88 Å². The van der Waals surface area contributed by atoms with Crippen LogP contribution in [0.2, 0.25) is 0 Å². The van der Waals surface area contributed by atoms with Crippen LogP contribution in [0.3, 0.4) is 0 Å². The monoisotopic (exact) mass is 332 g/mol. The number of carbonyl (C=O) groups is 1. The van der Waals surface area contributed by atoms with Gasteiger partial charge in [-0.1, -0.05) is 12.1 Å². The van der Waals surface area contributed by atoms with Crippen molar-refractivity contribution in [1.82, 2.24) is 0 Å². The summed E-state index contributed by atoms with van der Waals surface area (Å²) >= 11 is 3.66. The molecular weight excluding hydrogens is 326 g/mol. The molecule has 0 fully saturated rings. The molecule has 1 heterocycles. The highest BCUT2D eigenvalue weighted by atomic mass is 127. The minimum absolute atomic E-state index is 0.131. The zero-order valence-electron chi connectivity index (χ0n) is 7.54. The van der Waals surface area contributed by atoms with Crippen molar-refractivity contribution >= 4 is 39.7 Å². The van der Waals surface area contributed by atoms with E-state index < -0.39 is 0 Å². The van der Waals surface area contributed by atoms with Crippen molar-refractivity contribution in [3.63, 3.8) is 0 Å². The molecule has 0 unspecified atom stereocenters. The molecule has 0 bridgehead atoms. The molecule has 0 saturated heterocycles. The second-order valence-corrected chi connectivity index (χ2v) is 5.78. The van der Waals surface area contributed by atoms with Crippen LogP contribution in [0.15, 0.2) is 35.7 Å². The topological polar surface area (TPSA) is 17.1 Å². The third-order valence-corrected chi connectivity index (χ3v) is 3.71. The number of halogens is 2. The summed E-state index contributed by atoms with van der Waals surface area (Å²) < 4.78 is 13.9. The van der Waals surface area contributed by atoms with Gasteiger partial charge in [-0.05, 0) is 40.8 Å². The van der Waals surface area contributed by atoms with Gasteiger partial charge in [-0.15, -0.1) is 11.3 Å². The van der Waals surface area contributed by atoms with Gasteiger partial charge >= 0.3 is 0 Å². The van der Waals surface area contributed by atoms with Crippen LogP contribution < -0.4 is 0 Å². The molecular formula is C11H6FIOS. The molecule has 76 valence electrons. The largest absolute Gasteiger partial charge is 0.289 e. The molecule has 0 aliphatic rings. The van der Waals surface area contributed by atoms with E-state index in [9.17, 15) is 9.18 Å². The van der Waals surface area contributed by atoms with E-state index in [-0.39, 0.29) is 11.6 Å². The van der Waals surface area contributed by atoms with Crippen LogP contribution in [0.4, 0.5) is 4.39 Å². The van der Waals surface area contributed by atoms with Gasteiger partial charge in [0.05, 0.1) is 2.88 Å². The van der Waals surface area contributed by atoms with E-state index in [1.165, 1.54) is 23.5 Å². The molecule has 2 rings (SSSR count). The third kappa shape index (κ3) is 2.43. The van der Waals surface area contributed by atoms with Crippen LogP contribution >= 0.6 is 33.9 Å². The summed E-state index contributed by atoms with van der Waals surface area (Å²) in [5.41, 5.74) is 1.01. The van der Waals surface area contributed by atoms with Gasteiger partial charge in [0.15, 0.2) is 5.78 Å². The molecule has 1 aromatic heterocycles.